The summed E-state index contributed by atoms with van der Waals surface area (Å²) in [6.45, 7) is 4.69. The minimum absolute atomic E-state index is 0.546. The van der Waals surface area contributed by atoms with E-state index >= 15 is 0 Å². The van der Waals surface area contributed by atoms with Crippen molar-refractivity contribution >= 4 is 5.95 Å². The van der Waals surface area contributed by atoms with Crippen molar-refractivity contribution in [3.63, 3.8) is 0 Å². The van der Waals surface area contributed by atoms with Crippen molar-refractivity contribution in [2.45, 2.75) is 43.8 Å². The van der Waals surface area contributed by atoms with Crippen LogP contribution in [0.5, 0.6) is 0 Å². The lowest BCUT2D eigenvalue weighted by molar-refractivity contribution is 0.349. The van der Waals surface area contributed by atoms with Gasteiger partial charge in [-0.1, -0.05) is 6.08 Å². The zero-order valence-corrected chi connectivity index (χ0v) is 10.6. The average Bonchev–Trinajstić information content (AvgIpc) is 2.76. The second-order valence-corrected chi connectivity index (χ2v) is 5.25. The maximum atomic E-state index is 4.39. The first-order valence-electron chi connectivity index (χ1n) is 6.77. The van der Waals surface area contributed by atoms with E-state index in [1.807, 2.05) is 24.5 Å². The van der Waals surface area contributed by atoms with Gasteiger partial charge in [0.1, 0.15) is 0 Å². The van der Waals surface area contributed by atoms with Gasteiger partial charge in [-0.2, -0.15) is 0 Å². The van der Waals surface area contributed by atoms with Crippen LogP contribution in [0.3, 0.4) is 0 Å². The molecular formula is C14H20N4. The van der Waals surface area contributed by atoms with Gasteiger partial charge in [-0.15, -0.1) is 6.58 Å². The molecule has 3 atom stereocenters. The van der Waals surface area contributed by atoms with Gasteiger partial charge in [-0.25, -0.2) is 9.97 Å². The third-order valence-electron chi connectivity index (χ3n) is 4.02. The van der Waals surface area contributed by atoms with Gasteiger partial charge < -0.3 is 10.2 Å². The zero-order chi connectivity index (χ0) is 12.4. The van der Waals surface area contributed by atoms with Crippen LogP contribution in [-0.4, -0.2) is 34.6 Å². The van der Waals surface area contributed by atoms with E-state index in [2.05, 4.69) is 26.8 Å². The molecule has 1 aromatic rings. The Balaban J connectivity index is 1.79. The molecule has 96 valence electrons. The Hall–Kier alpha value is -1.42. The Bertz CT molecular complexity index is 394. The molecule has 0 spiro atoms. The maximum Gasteiger partial charge on any atom is 0.225 e. The molecule has 4 nitrogen and oxygen atoms in total. The van der Waals surface area contributed by atoms with Gasteiger partial charge in [0.25, 0.3) is 0 Å². The molecule has 0 aliphatic carbocycles. The summed E-state index contributed by atoms with van der Waals surface area (Å²) >= 11 is 0. The molecule has 2 aliphatic heterocycles. The molecule has 2 bridgehead atoms. The Labute approximate surface area is 108 Å². The predicted molar refractivity (Wildman–Crippen MR) is 72.5 cm³/mol. The molecule has 4 heteroatoms. The van der Waals surface area contributed by atoms with Crippen molar-refractivity contribution in [3.8, 4) is 0 Å². The number of nitrogens with zero attached hydrogens (tertiary/aromatic N) is 3. The van der Waals surface area contributed by atoms with Gasteiger partial charge in [0.2, 0.25) is 5.95 Å². The highest BCUT2D eigenvalue weighted by Crippen LogP contribution is 2.30. The first-order chi connectivity index (χ1) is 8.86. The molecule has 2 fully saturated rings. The molecule has 1 aromatic heterocycles. The summed E-state index contributed by atoms with van der Waals surface area (Å²) in [7, 11) is 0. The summed E-state index contributed by atoms with van der Waals surface area (Å²) in [5.41, 5.74) is 0. The topological polar surface area (TPSA) is 41.1 Å². The maximum absolute atomic E-state index is 4.39. The van der Waals surface area contributed by atoms with Crippen molar-refractivity contribution in [1.82, 2.24) is 15.3 Å². The van der Waals surface area contributed by atoms with Crippen LogP contribution in [-0.2, 0) is 0 Å². The summed E-state index contributed by atoms with van der Waals surface area (Å²) in [5, 5.41) is 3.68. The number of anilines is 1. The Morgan fingerprint density at radius 1 is 1.28 bits per heavy atom. The van der Waals surface area contributed by atoms with Gasteiger partial charge in [-0.05, 0) is 31.7 Å². The van der Waals surface area contributed by atoms with E-state index in [9.17, 15) is 0 Å². The Morgan fingerprint density at radius 2 is 1.94 bits per heavy atom. The van der Waals surface area contributed by atoms with Gasteiger partial charge in [0.15, 0.2) is 0 Å². The van der Waals surface area contributed by atoms with Crippen LogP contribution >= 0.6 is 0 Å². The fourth-order valence-electron chi connectivity index (χ4n) is 3.25. The third kappa shape index (κ3) is 2.25. The second kappa shape index (κ2) is 5.06. The minimum Gasteiger partial charge on any atom is -0.334 e. The summed E-state index contributed by atoms with van der Waals surface area (Å²) in [4.78, 5) is 11.1. The molecule has 2 aliphatic rings. The number of nitrogens with one attached hydrogen (secondary N) is 1. The monoisotopic (exact) mass is 244 g/mol. The lowest BCUT2D eigenvalue weighted by Crippen LogP contribution is -2.49. The first kappa shape index (κ1) is 11.7. The van der Waals surface area contributed by atoms with E-state index in [0.717, 1.165) is 12.5 Å². The minimum atomic E-state index is 0.546. The summed E-state index contributed by atoms with van der Waals surface area (Å²) in [5.74, 6) is 0.837. The van der Waals surface area contributed by atoms with Crippen LogP contribution in [0.1, 0.15) is 25.7 Å². The van der Waals surface area contributed by atoms with E-state index in [1.54, 1.807) is 0 Å². The molecule has 0 saturated carbocycles. The summed E-state index contributed by atoms with van der Waals surface area (Å²) < 4.78 is 0. The molecule has 2 saturated heterocycles. The van der Waals surface area contributed by atoms with Crippen molar-refractivity contribution in [1.29, 1.82) is 0 Å². The van der Waals surface area contributed by atoms with Crippen LogP contribution in [0.25, 0.3) is 0 Å². The van der Waals surface area contributed by atoms with Crippen LogP contribution in [0, 0.1) is 0 Å². The van der Waals surface area contributed by atoms with E-state index < -0.39 is 0 Å². The van der Waals surface area contributed by atoms with Crippen molar-refractivity contribution < 1.29 is 0 Å². The fraction of sp³-hybridized carbons (Fsp3) is 0.571. The molecule has 0 amide bonds. The zero-order valence-electron chi connectivity index (χ0n) is 10.6. The fourth-order valence-corrected chi connectivity index (χ4v) is 3.25. The highest BCUT2D eigenvalue weighted by Gasteiger charge is 2.36. The van der Waals surface area contributed by atoms with Crippen molar-refractivity contribution in [3.05, 3.63) is 31.1 Å². The molecule has 1 N–H and O–H groups in total. The number of aromatic nitrogens is 2. The molecular weight excluding hydrogens is 224 g/mol. The predicted octanol–water partition coefficient (Wildman–Crippen LogP) is 1.75. The van der Waals surface area contributed by atoms with E-state index in [1.165, 1.54) is 25.7 Å². The largest absolute Gasteiger partial charge is 0.334 e. The normalized spacial score (nSPS) is 30.1. The van der Waals surface area contributed by atoms with Gasteiger partial charge in [0, 0.05) is 37.1 Å². The first-order valence-corrected chi connectivity index (χ1v) is 6.77. The quantitative estimate of drug-likeness (QED) is 0.819. The number of piperidine rings is 1. The van der Waals surface area contributed by atoms with Crippen LogP contribution < -0.4 is 10.2 Å². The van der Waals surface area contributed by atoms with Gasteiger partial charge in [0.05, 0.1) is 0 Å². The number of hydrogen-bond donors (Lipinski definition) is 1. The SMILES string of the molecule is C=CCN(c1ncccn1)[C@H]1C[C@H]2CC[C@@H](C1)N2. The van der Waals surface area contributed by atoms with Crippen LogP contribution in [0.2, 0.25) is 0 Å². The highest BCUT2D eigenvalue weighted by molar-refractivity contribution is 5.32. The molecule has 0 radical (unpaired) electrons. The van der Waals surface area contributed by atoms with Crippen molar-refractivity contribution in [2.75, 3.05) is 11.4 Å². The summed E-state index contributed by atoms with van der Waals surface area (Å²) in [6.07, 6.45) is 10.6. The average molecular weight is 244 g/mol. The third-order valence-corrected chi connectivity index (χ3v) is 4.02. The summed E-state index contributed by atoms with van der Waals surface area (Å²) in [6, 6.07) is 3.78. The Morgan fingerprint density at radius 3 is 2.56 bits per heavy atom. The lowest BCUT2D eigenvalue weighted by Gasteiger charge is -2.37. The van der Waals surface area contributed by atoms with Crippen molar-refractivity contribution in [2.24, 2.45) is 0 Å². The standard InChI is InChI=1S/C14H20N4/c1-2-8-18(14-15-6-3-7-16-14)13-9-11-4-5-12(10-13)17-11/h2-3,6-7,11-13,17H,1,4-5,8-10H2/t11-,12+,13+. The number of hydrogen-bond acceptors (Lipinski definition) is 4. The van der Waals surface area contributed by atoms with E-state index in [-0.39, 0.29) is 0 Å². The number of rotatable bonds is 4. The highest BCUT2D eigenvalue weighted by atomic mass is 15.3. The number of fused-ring (bicyclic) bond motifs is 2. The molecule has 3 heterocycles. The van der Waals surface area contributed by atoms with Gasteiger partial charge in [-0.3, -0.25) is 0 Å². The Kier molecular flexibility index (Phi) is 3.28. The van der Waals surface area contributed by atoms with Gasteiger partial charge >= 0.3 is 0 Å². The van der Waals surface area contributed by atoms with E-state index in [0.29, 0.717) is 18.1 Å². The van der Waals surface area contributed by atoms with Crippen LogP contribution in [0.4, 0.5) is 5.95 Å². The van der Waals surface area contributed by atoms with E-state index in [4.69, 9.17) is 0 Å². The smallest absolute Gasteiger partial charge is 0.225 e. The molecule has 0 aromatic carbocycles. The second-order valence-electron chi connectivity index (χ2n) is 5.25. The molecule has 0 unspecified atom stereocenters. The lowest BCUT2D eigenvalue weighted by atomic mass is 9.98. The molecule has 18 heavy (non-hydrogen) atoms. The molecule has 3 rings (SSSR count). The van der Waals surface area contributed by atoms with Crippen LogP contribution in [0.15, 0.2) is 31.1 Å².